The number of carbonyl (C=O) groups excluding carboxylic acids is 2. The van der Waals surface area contributed by atoms with Crippen LogP contribution in [0.2, 0.25) is 0 Å². The van der Waals surface area contributed by atoms with Gasteiger partial charge in [-0.25, -0.2) is 9.97 Å². The molecule has 1 aromatic carbocycles. The van der Waals surface area contributed by atoms with E-state index in [-0.39, 0.29) is 29.4 Å². The molecule has 242 valence electrons. The fourth-order valence-corrected chi connectivity index (χ4v) is 7.71. The summed E-state index contributed by atoms with van der Waals surface area (Å²) in [5.74, 6) is 0.420. The molecule has 3 aliphatic rings. The van der Waals surface area contributed by atoms with Crippen LogP contribution in [0.3, 0.4) is 0 Å². The molecule has 9 nitrogen and oxygen atoms in total. The van der Waals surface area contributed by atoms with Crippen LogP contribution in [0.15, 0.2) is 30.3 Å². The Morgan fingerprint density at radius 3 is 2.58 bits per heavy atom. The molecular formula is C35H48N6O3S. The molecule has 0 saturated carbocycles. The molecule has 0 unspecified atom stereocenters. The SMILES string of the molecule is CN(C)C1CN(C(=O)c2cccc([C@@H](CCN3CCC(O)CC3)NC(=O)c3nc4cc5c(nc4s3)CC[C@H](C(C)(C)C)C5)c2)C1. The Kier molecular flexibility index (Phi) is 9.30. The second kappa shape index (κ2) is 13.1. The summed E-state index contributed by atoms with van der Waals surface area (Å²) in [5, 5.41) is 13.7. The number of fused-ring (bicyclic) bond motifs is 2. The Bertz CT molecular complexity index is 1530. The minimum absolute atomic E-state index is 0.0277. The molecule has 0 bridgehead atoms. The number of piperidine rings is 1. The molecule has 2 aromatic heterocycles. The van der Waals surface area contributed by atoms with E-state index in [1.54, 1.807) is 0 Å². The standard InChI is InChI=1S/C35H48N6O3S/c1-35(2,3)25-9-10-28-24(18-25)19-30-32(37-28)45-33(38-30)31(43)36-29(13-16-40-14-11-27(42)12-15-40)22-7-6-8-23(17-22)34(44)41-20-26(21-41)39(4)5/h6-8,17,19,25-27,29,42H,9-16,18,20-21H2,1-5H3,(H,36,43)/t25-,29+/m0/s1. The summed E-state index contributed by atoms with van der Waals surface area (Å²) in [7, 11) is 4.09. The highest BCUT2D eigenvalue weighted by molar-refractivity contribution is 7.19. The number of aryl methyl sites for hydroxylation is 1. The van der Waals surface area contributed by atoms with Crippen LogP contribution in [-0.2, 0) is 12.8 Å². The van der Waals surface area contributed by atoms with Gasteiger partial charge < -0.3 is 25.1 Å². The maximum Gasteiger partial charge on any atom is 0.280 e. The number of aliphatic hydroxyl groups is 1. The topological polar surface area (TPSA) is 102 Å². The lowest BCUT2D eigenvalue weighted by Crippen LogP contribution is -2.59. The van der Waals surface area contributed by atoms with Gasteiger partial charge in [0, 0.05) is 50.0 Å². The molecule has 6 rings (SSSR count). The Hall–Kier alpha value is -2.92. The smallest absolute Gasteiger partial charge is 0.280 e. The van der Waals surface area contributed by atoms with Gasteiger partial charge in [0.05, 0.1) is 12.1 Å². The molecule has 3 aromatic rings. The third-order valence-electron chi connectivity index (χ3n) is 10.2. The third kappa shape index (κ3) is 7.24. The number of nitrogens with one attached hydrogen (secondary N) is 1. The Morgan fingerprint density at radius 1 is 1.11 bits per heavy atom. The zero-order chi connectivity index (χ0) is 31.9. The first-order chi connectivity index (χ1) is 21.4. The lowest BCUT2D eigenvalue weighted by Gasteiger charge is -2.42. The number of hydrogen-bond donors (Lipinski definition) is 2. The zero-order valence-corrected chi connectivity index (χ0v) is 28.2. The lowest BCUT2D eigenvalue weighted by molar-refractivity contribution is 0.0399. The van der Waals surface area contributed by atoms with Crippen molar-refractivity contribution in [3.63, 3.8) is 0 Å². The summed E-state index contributed by atoms with van der Waals surface area (Å²) in [6.45, 7) is 10.8. The highest BCUT2D eigenvalue weighted by atomic mass is 32.1. The maximum absolute atomic E-state index is 13.8. The molecule has 1 aliphatic carbocycles. The number of aromatic nitrogens is 2. The summed E-state index contributed by atoms with van der Waals surface area (Å²) >= 11 is 1.36. The largest absolute Gasteiger partial charge is 0.393 e. The maximum atomic E-state index is 13.8. The monoisotopic (exact) mass is 632 g/mol. The Balaban J connectivity index is 1.20. The lowest BCUT2D eigenvalue weighted by atomic mass is 9.71. The van der Waals surface area contributed by atoms with Crippen LogP contribution in [0, 0.1) is 11.3 Å². The van der Waals surface area contributed by atoms with Crippen molar-refractivity contribution >= 4 is 33.5 Å². The van der Waals surface area contributed by atoms with Crippen LogP contribution >= 0.6 is 11.3 Å². The van der Waals surface area contributed by atoms with E-state index in [9.17, 15) is 14.7 Å². The van der Waals surface area contributed by atoms with Gasteiger partial charge in [-0.05, 0) is 93.3 Å². The molecule has 45 heavy (non-hydrogen) atoms. The summed E-state index contributed by atoms with van der Waals surface area (Å²) in [5.41, 5.74) is 5.00. The van der Waals surface area contributed by atoms with E-state index in [1.807, 2.05) is 43.3 Å². The van der Waals surface area contributed by atoms with Crippen molar-refractivity contribution in [1.82, 2.24) is 30.0 Å². The van der Waals surface area contributed by atoms with E-state index >= 15 is 0 Å². The molecule has 0 spiro atoms. The summed E-state index contributed by atoms with van der Waals surface area (Å²) < 4.78 is 0. The zero-order valence-electron chi connectivity index (χ0n) is 27.4. The van der Waals surface area contributed by atoms with Gasteiger partial charge in [0.2, 0.25) is 0 Å². The molecule has 2 amide bonds. The van der Waals surface area contributed by atoms with Gasteiger partial charge >= 0.3 is 0 Å². The summed E-state index contributed by atoms with van der Waals surface area (Å²) in [6.07, 6.45) is 5.09. The van der Waals surface area contributed by atoms with Crippen molar-refractivity contribution in [1.29, 1.82) is 0 Å². The molecule has 2 saturated heterocycles. The van der Waals surface area contributed by atoms with Crippen molar-refractivity contribution in [2.24, 2.45) is 11.3 Å². The number of pyridine rings is 1. The number of amides is 2. The highest BCUT2D eigenvalue weighted by Gasteiger charge is 2.33. The van der Waals surface area contributed by atoms with Crippen LogP contribution in [0.25, 0.3) is 10.3 Å². The van der Waals surface area contributed by atoms with Crippen molar-refractivity contribution in [3.8, 4) is 0 Å². The van der Waals surface area contributed by atoms with Gasteiger partial charge in [0.15, 0.2) is 5.01 Å². The molecule has 2 aliphatic heterocycles. The van der Waals surface area contributed by atoms with Gasteiger partial charge in [-0.15, -0.1) is 0 Å². The quantitative estimate of drug-likeness (QED) is 0.376. The van der Waals surface area contributed by atoms with E-state index in [1.165, 1.54) is 16.9 Å². The molecule has 4 heterocycles. The molecular weight excluding hydrogens is 584 g/mol. The van der Waals surface area contributed by atoms with E-state index in [0.29, 0.717) is 29.0 Å². The van der Waals surface area contributed by atoms with Gasteiger partial charge in [-0.1, -0.05) is 44.2 Å². The minimum atomic E-state index is -0.288. The number of thiazole rings is 1. The van der Waals surface area contributed by atoms with Gasteiger partial charge in [0.1, 0.15) is 10.3 Å². The van der Waals surface area contributed by atoms with Gasteiger partial charge in [-0.2, -0.15) is 0 Å². The first-order valence-electron chi connectivity index (χ1n) is 16.5. The Labute approximate surface area is 271 Å². The molecule has 0 radical (unpaired) electrons. The molecule has 2 fully saturated rings. The average Bonchev–Trinajstić information content (AvgIpc) is 3.40. The van der Waals surface area contributed by atoms with Crippen LogP contribution < -0.4 is 5.32 Å². The summed E-state index contributed by atoms with van der Waals surface area (Å²) in [6, 6.07) is 9.97. The van der Waals surface area contributed by atoms with Crippen molar-refractivity contribution < 1.29 is 14.7 Å². The van der Waals surface area contributed by atoms with E-state index < -0.39 is 0 Å². The third-order valence-corrected chi connectivity index (χ3v) is 11.1. The molecule has 2 atom stereocenters. The van der Waals surface area contributed by atoms with Crippen molar-refractivity contribution in [3.05, 3.63) is 57.7 Å². The van der Waals surface area contributed by atoms with Crippen LogP contribution in [0.5, 0.6) is 0 Å². The number of carbonyl (C=O) groups is 2. The summed E-state index contributed by atoms with van der Waals surface area (Å²) in [4.78, 5) is 44.0. The second-order valence-electron chi connectivity index (χ2n) is 14.6. The Morgan fingerprint density at radius 2 is 1.87 bits per heavy atom. The van der Waals surface area contributed by atoms with E-state index in [2.05, 4.69) is 42.0 Å². The highest BCUT2D eigenvalue weighted by Crippen LogP contribution is 2.38. The number of likely N-dealkylation sites (N-methyl/N-ethyl adjacent to an activating group) is 1. The van der Waals surface area contributed by atoms with Crippen molar-refractivity contribution in [2.75, 3.05) is 46.8 Å². The van der Waals surface area contributed by atoms with Crippen molar-refractivity contribution in [2.45, 2.75) is 77.5 Å². The number of likely N-dealkylation sites (tertiary alicyclic amines) is 2. The van der Waals surface area contributed by atoms with Crippen LogP contribution in [0.1, 0.15) is 89.5 Å². The molecule has 2 N–H and O–H groups in total. The number of aliphatic hydroxyl groups excluding tert-OH is 1. The second-order valence-corrected chi connectivity index (χ2v) is 15.6. The number of hydrogen-bond acceptors (Lipinski definition) is 8. The number of rotatable bonds is 8. The first kappa shape index (κ1) is 32.0. The van der Waals surface area contributed by atoms with Gasteiger partial charge in [0.25, 0.3) is 11.8 Å². The predicted octanol–water partition coefficient (Wildman–Crippen LogP) is 4.55. The predicted molar refractivity (Wildman–Crippen MR) is 179 cm³/mol. The average molecular weight is 633 g/mol. The van der Waals surface area contributed by atoms with E-state index in [4.69, 9.17) is 9.97 Å². The normalized spacial score (nSPS) is 20.7. The fourth-order valence-electron chi connectivity index (χ4n) is 6.86. The first-order valence-corrected chi connectivity index (χ1v) is 17.3. The van der Waals surface area contributed by atoms with Crippen LogP contribution in [-0.4, -0.2) is 101 Å². The fraction of sp³-hybridized carbons (Fsp3) is 0.600. The van der Waals surface area contributed by atoms with Gasteiger partial charge in [-0.3, -0.25) is 9.59 Å². The van der Waals surface area contributed by atoms with E-state index in [0.717, 1.165) is 86.4 Å². The molecule has 10 heteroatoms. The number of benzene rings is 1. The number of nitrogens with zero attached hydrogens (tertiary/aromatic N) is 5. The van der Waals surface area contributed by atoms with Crippen LogP contribution in [0.4, 0.5) is 0 Å². The minimum Gasteiger partial charge on any atom is -0.393 e.